The predicted molar refractivity (Wildman–Crippen MR) is 102 cm³/mol. The maximum absolute atomic E-state index is 12.7. The minimum atomic E-state index is -0.333. The molecule has 0 spiro atoms. The fraction of sp³-hybridized carbons (Fsp3) is 0.667. The zero-order valence-corrected chi connectivity index (χ0v) is 16.8. The van der Waals surface area contributed by atoms with Gasteiger partial charge < -0.3 is 19.7 Å². The second kappa shape index (κ2) is 7.01. The third-order valence-corrected chi connectivity index (χ3v) is 5.63. The second-order valence-corrected chi connectivity index (χ2v) is 8.92. The molecule has 0 radical (unpaired) electrons. The summed E-state index contributed by atoms with van der Waals surface area (Å²) >= 11 is 0. The minimum Gasteiger partial charge on any atom is -0.493 e. The van der Waals surface area contributed by atoms with Crippen LogP contribution in [0.25, 0.3) is 0 Å². The molecule has 0 atom stereocenters. The number of rotatable bonds is 4. The van der Waals surface area contributed by atoms with Gasteiger partial charge in [-0.25, -0.2) is 4.79 Å². The molecule has 2 aliphatic heterocycles. The van der Waals surface area contributed by atoms with Gasteiger partial charge in [-0.15, -0.1) is 0 Å². The molecule has 0 saturated carbocycles. The van der Waals surface area contributed by atoms with Crippen molar-refractivity contribution in [2.45, 2.75) is 65.3 Å². The number of piperidine rings is 1. The van der Waals surface area contributed by atoms with Gasteiger partial charge in [-0.05, 0) is 56.9 Å². The maximum Gasteiger partial charge on any atom is 0.317 e. The average Bonchev–Trinajstić information content (AvgIpc) is 2.84. The van der Waals surface area contributed by atoms with Crippen LogP contribution in [0.4, 0.5) is 4.79 Å². The van der Waals surface area contributed by atoms with Crippen molar-refractivity contribution < 1.29 is 14.3 Å². The van der Waals surface area contributed by atoms with Gasteiger partial charge in [-0.3, -0.25) is 0 Å². The maximum atomic E-state index is 12.7. The van der Waals surface area contributed by atoms with E-state index >= 15 is 0 Å². The van der Waals surface area contributed by atoms with E-state index in [1.54, 1.807) is 13.4 Å². The monoisotopic (exact) mass is 360 g/mol. The average molecular weight is 360 g/mol. The Kier molecular flexibility index (Phi) is 5.09. The molecule has 26 heavy (non-hydrogen) atoms. The highest BCUT2D eigenvalue weighted by molar-refractivity contribution is 5.75. The van der Waals surface area contributed by atoms with Gasteiger partial charge in [0.1, 0.15) is 6.26 Å². The summed E-state index contributed by atoms with van der Waals surface area (Å²) in [6, 6.07) is 0.0568. The summed E-state index contributed by atoms with van der Waals surface area (Å²) in [5.74, 6) is 0.779. The summed E-state index contributed by atoms with van der Waals surface area (Å²) in [7, 11) is 1.68. The van der Waals surface area contributed by atoms with Crippen LogP contribution in [-0.4, -0.2) is 36.7 Å². The standard InChI is InChI=1S/C21H32N2O3/c1-20(2)11-15-13-26-14-17(25-5)18(15)16(20)12-21(3,4)22-19(24)23-9-7-6-8-10-23/h13-14H,6-12H2,1-5H3,(H,22,24). The molecule has 3 rings (SSSR count). The van der Waals surface area contributed by atoms with Gasteiger partial charge in [0.2, 0.25) is 0 Å². The van der Waals surface area contributed by atoms with Crippen molar-refractivity contribution in [3.05, 3.63) is 35.0 Å². The molecule has 0 aromatic carbocycles. The first kappa shape index (κ1) is 18.9. The summed E-state index contributed by atoms with van der Waals surface area (Å²) in [5.41, 5.74) is 3.34. The lowest BCUT2D eigenvalue weighted by molar-refractivity contribution is 0.175. The molecule has 2 heterocycles. The summed E-state index contributed by atoms with van der Waals surface area (Å²) in [4.78, 5) is 14.6. The lowest BCUT2D eigenvalue weighted by atomic mass is 9.79. The van der Waals surface area contributed by atoms with Crippen molar-refractivity contribution in [3.63, 3.8) is 0 Å². The number of likely N-dealkylation sites (tertiary alicyclic amines) is 1. The third kappa shape index (κ3) is 3.76. The topological polar surface area (TPSA) is 50.8 Å². The van der Waals surface area contributed by atoms with E-state index < -0.39 is 0 Å². The number of nitrogens with zero attached hydrogens (tertiary/aromatic N) is 1. The van der Waals surface area contributed by atoms with E-state index in [0.717, 1.165) is 50.1 Å². The van der Waals surface area contributed by atoms with Crippen molar-refractivity contribution in [1.29, 1.82) is 0 Å². The SMILES string of the molecule is COC1=COC=C2CC(C)(C)C(CC(C)(C)NC(=O)N3CCCCC3)=C21. The first-order valence-electron chi connectivity index (χ1n) is 9.64. The zero-order valence-electron chi connectivity index (χ0n) is 16.8. The van der Waals surface area contributed by atoms with E-state index in [0.29, 0.717) is 0 Å². The highest BCUT2D eigenvalue weighted by Crippen LogP contribution is 2.51. The van der Waals surface area contributed by atoms with Crippen LogP contribution in [0, 0.1) is 5.41 Å². The number of hydrogen-bond donors (Lipinski definition) is 1. The van der Waals surface area contributed by atoms with Gasteiger partial charge in [0.15, 0.2) is 5.76 Å². The molecule has 2 amide bonds. The molecule has 0 unspecified atom stereocenters. The Morgan fingerprint density at radius 1 is 1.27 bits per heavy atom. The van der Waals surface area contributed by atoms with Crippen LogP contribution in [0.1, 0.15) is 59.8 Å². The Bertz CT molecular complexity index is 665. The Hall–Kier alpha value is -1.91. The predicted octanol–water partition coefficient (Wildman–Crippen LogP) is 4.48. The van der Waals surface area contributed by atoms with Crippen molar-refractivity contribution in [3.8, 4) is 0 Å². The molecule has 1 aliphatic carbocycles. The van der Waals surface area contributed by atoms with Crippen LogP contribution in [0.2, 0.25) is 0 Å². The van der Waals surface area contributed by atoms with E-state index in [1.807, 2.05) is 11.2 Å². The number of carbonyl (C=O) groups is 1. The Morgan fingerprint density at radius 2 is 1.96 bits per heavy atom. The minimum absolute atomic E-state index is 0.0135. The van der Waals surface area contributed by atoms with E-state index in [1.165, 1.54) is 17.6 Å². The smallest absolute Gasteiger partial charge is 0.317 e. The van der Waals surface area contributed by atoms with Crippen LogP contribution in [0.3, 0.4) is 0 Å². The van der Waals surface area contributed by atoms with E-state index in [4.69, 9.17) is 9.47 Å². The molecule has 0 bridgehead atoms. The van der Waals surface area contributed by atoms with Crippen molar-refractivity contribution in [1.82, 2.24) is 10.2 Å². The van der Waals surface area contributed by atoms with Crippen molar-refractivity contribution in [2.24, 2.45) is 5.41 Å². The fourth-order valence-electron chi connectivity index (χ4n) is 4.28. The van der Waals surface area contributed by atoms with Crippen LogP contribution in [0.5, 0.6) is 0 Å². The summed E-state index contributed by atoms with van der Waals surface area (Å²) in [5, 5.41) is 3.26. The molecule has 3 aliphatic rings. The summed E-state index contributed by atoms with van der Waals surface area (Å²) in [6.07, 6.45) is 8.63. The number of urea groups is 1. The molecule has 1 saturated heterocycles. The van der Waals surface area contributed by atoms with Crippen LogP contribution >= 0.6 is 0 Å². The van der Waals surface area contributed by atoms with E-state index in [-0.39, 0.29) is 17.0 Å². The zero-order chi connectivity index (χ0) is 18.9. The van der Waals surface area contributed by atoms with E-state index in [9.17, 15) is 4.79 Å². The van der Waals surface area contributed by atoms with Gasteiger partial charge in [-0.2, -0.15) is 0 Å². The number of hydrogen-bond acceptors (Lipinski definition) is 3. The van der Waals surface area contributed by atoms with E-state index in [2.05, 4.69) is 33.0 Å². The van der Waals surface area contributed by atoms with Gasteiger partial charge in [-0.1, -0.05) is 19.4 Å². The largest absolute Gasteiger partial charge is 0.493 e. The molecule has 1 fully saturated rings. The molecule has 0 aromatic rings. The van der Waals surface area contributed by atoms with Crippen LogP contribution in [-0.2, 0) is 9.47 Å². The number of methoxy groups -OCH3 is 1. The Balaban J connectivity index is 1.80. The van der Waals surface area contributed by atoms with Crippen LogP contribution < -0.4 is 5.32 Å². The first-order valence-corrected chi connectivity index (χ1v) is 9.64. The Labute approximate surface area is 157 Å². The molecule has 144 valence electrons. The molecule has 1 N–H and O–H groups in total. The lowest BCUT2D eigenvalue weighted by Gasteiger charge is -2.35. The number of ether oxygens (including phenoxy) is 2. The number of amides is 2. The Morgan fingerprint density at radius 3 is 2.62 bits per heavy atom. The quantitative estimate of drug-likeness (QED) is 0.804. The number of nitrogens with one attached hydrogen (secondary N) is 1. The summed E-state index contributed by atoms with van der Waals surface area (Å²) in [6.45, 7) is 10.4. The highest BCUT2D eigenvalue weighted by Gasteiger charge is 2.41. The van der Waals surface area contributed by atoms with Gasteiger partial charge in [0.05, 0.1) is 13.4 Å². The summed E-state index contributed by atoms with van der Waals surface area (Å²) < 4.78 is 11.0. The van der Waals surface area contributed by atoms with Crippen LogP contribution in [0.15, 0.2) is 35.0 Å². The normalized spacial score (nSPS) is 22.3. The lowest BCUT2D eigenvalue weighted by Crippen LogP contribution is -2.51. The van der Waals surface area contributed by atoms with Crippen molar-refractivity contribution in [2.75, 3.05) is 20.2 Å². The van der Waals surface area contributed by atoms with Gasteiger partial charge in [0, 0.05) is 24.2 Å². The molecular weight excluding hydrogens is 328 g/mol. The number of carbonyl (C=O) groups excluding carboxylic acids is 1. The molecular formula is C21H32N2O3. The van der Waals surface area contributed by atoms with Gasteiger partial charge in [0.25, 0.3) is 0 Å². The van der Waals surface area contributed by atoms with Crippen molar-refractivity contribution >= 4 is 6.03 Å². The first-order chi connectivity index (χ1) is 12.2. The molecule has 5 heteroatoms. The number of allylic oxidation sites excluding steroid dienone is 1. The third-order valence-electron chi connectivity index (χ3n) is 5.63. The number of fused-ring (bicyclic) bond motifs is 1. The molecule has 5 nitrogen and oxygen atoms in total. The highest BCUT2D eigenvalue weighted by atomic mass is 16.5. The second-order valence-electron chi connectivity index (χ2n) is 8.92. The fourth-order valence-corrected chi connectivity index (χ4v) is 4.28. The van der Waals surface area contributed by atoms with Gasteiger partial charge >= 0.3 is 6.03 Å². The molecule has 0 aromatic heterocycles.